The maximum Gasteiger partial charge on any atom is -0.000156 e. The Morgan fingerprint density at radius 3 is 1.89 bits per heavy atom. The predicted octanol–water partition coefficient (Wildman–Crippen LogP) is 5.36. The molecule has 0 heterocycles. The zero-order valence-corrected chi connectivity index (χ0v) is 12.4. The zero-order chi connectivity index (χ0) is 12.4. The number of halogens is 1. The molecule has 0 radical (unpaired) electrons. The second kappa shape index (κ2) is 5.27. The van der Waals surface area contributed by atoms with E-state index in [1.54, 1.807) is 0 Å². The summed E-state index contributed by atoms with van der Waals surface area (Å²) in [4.78, 5) is 0. The predicted molar refractivity (Wildman–Crippen MR) is 88.7 cm³/mol. The number of aryl methyl sites for hydroxylation is 1. The van der Waals surface area contributed by atoms with Crippen LogP contribution >= 0.6 is 22.6 Å². The molecule has 0 aliphatic carbocycles. The summed E-state index contributed by atoms with van der Waals surface area (Å²) in [5, 5.41) is 5.56. The summed E-state index contributed by atoms with van der Waals surface area (Å²) >= 11 is 2.46. The Morgan fingerprint density at radius 2 is 1.33 bits per heavy atom. The van der Waals surface area contributed by atoms with Crippen molar-refractivity contribution in [2.75, 3.05) is 4.43 Å². The Hall–Kier alpha value is -1.09. The van der Waals surface area contributed by atoms with E-state index in [-0.39, 0.29) is 0 Å². The number of benzene rings is 3. The molecule has 0 spiro atoms. The normalized spacial score (nSPS) is 11.2. The standard InChI is InChI=1S/C17H15I/c18-11-5-10-17-15-8-3-1-6-13(15)12-14-7-2-4-9-16(14)17/h1-4,6-9,12H,5,10-11H2. The summed E-state index contributed by atoms with van der Waals surface area (Å²) < 4.78 is 1.22. The van der Waals surface area contributed by atoms with Crippen LogP contribution in [0.4, 0.5) is 0 Å². The van der Waals surface area contributed by atoms with Crippen LogP contribution in [0.25, 0.3) is 21.5 Å². The van der Waals surface area contributed by atoms with Gasteiger partial charge in [0.15, 0.2) is 0 Å². The molecule has 0 amide bonds. The van der Waals surface area contributed by atoms with Crippen LogP contribution in [0, 0.1) is 0 Å². The molecule has 0 aliphatic heterocycles. The number of alkyl halides is 1. The first-order chi connectivity index (χ1) is 8.90. The van der Waals surface area contributed by atoms with E-state index >= 15 is 0 Å². The summed E-state index contributed by atoms with van der Waals surface area (Å²) in [6.07, 6.45) is 2.42. The van der Waals surface area contributed by atoms with E-state index in [2.05, 4.69) is 77.2 Å². The van der Waals surface area contributed by atoms with Gasteiger partial charge in [0.1, 0.15) is 0 Å². The van der Waals surface area contributed by atoms with Crippen LogP contribution in [0.1, 0.15) is 12.0 Å². The monoisotopic (exact) mass is 346 g/mol. The van der Waals surface area contributed by atoms with Crippen molar-refractivity contribution in [3.05, 3.63) is 60.2 Å². The second-order valence-electron chi connectivity index (χ2n) is 4.59. The van der Waals surface area contributed by atoms with Crippen molar-refractivity contribution in [1.29, 1.82) is 0 Å². The fraction of sp³-hybridized carbons (Fsp3) is 0.176. The summed E-state index contributed by atoms with van der Waals surface area (Å²) in [6, 6.07) is 19.8. The van der Waals surface area contributed by atoms with E-state index in [4.69, 9.17) is 0 Å². The van der Waals surface area contributed by atoms with E-state index in [1.807, 2.05) is 0 Å². The second-order valence-corrected chi connectivity index (χ2v) is 5.67. The molecule has 0 saturated heterocycles. The molecule has 0 nitrogen and oxygen atoms in total. The van der Waals surface area contributed by atoms with Gasteiger partial charge >= 0.3 is 0 Å². The van der Waals surface area contributed by atoms with E-state index < -0.39 is 0 Å². The van der Waals surface area contributed by atoms with Gasteiger partial charge in [0.05, 0.1) is 0 Å². The molecule has 3 rings (SSSR count). The molecular weight excluding hydrogens is 331 g/mol. The third kappa shape index (κ3) is 2.12. The van der Waals surface area contributed by atoms with Gasteiger partial charge < -0.3 is 0 Å². The Balaban J connectivity index is 2.34. The minimum absolute atomic E-state index is 1.17. The number of hydrogen-bond donors (Lipinski definition) is 0. The summed E-state index contributed by atoms with van der Waals surface area (Å²) in [6.45, 7) is 0. The van der Waals surface area contributed by atoms with Gasteiger partial charge in [-0.2, -0.15) is 0 Å². The van der Waals surface area contributed by atoms with Crippen LogP contribution in [0.15, 0.2) is 54.6 Å². The fourth-order valence-corrected chi connectivity index (χ4v) is 3.00. The highest BCUT2D eigenvalue weighted by molar-refractivity contribution is 14.1. The molecular formula is C17H15I. The van der Waals surface area contributed by atoms with Crippen LogP contribution in [-0.4, -0.2) is 4.43 Å². The topological polar surface area (TPSA) is 0 Å². The Labute approximate surface area is 121 Å². The molecule has 0 fully saturated rings. The van der Waals surface area contributed by atoms with E-state index in [0.29, 0.717) is 0 Å². The van der Waals surface area contributed by atoms with Crippen LogP contribution in [0.3, 0.4) is 0 Å². The minimum Gasteiger partial charge on any atom is -0.0864 e. The van der Waals surface area contributed by atoms with Crippen molar-refractivity contribution >= 4 is 44.1 Å². The summed E-state index contributed by atoms with van der Waals surface area (Å²) in [5.74, 6) is 0. The summed E-state index contributed by atoms with van der Waals surface area (Å²) in [7, 11) is 0. The first-order valence-electron chi connectivity index (χ1n) is 6.35. The molecule has 0 atom stereocenters. The lowest BCUT2D eigenvalue weighted by Gasteiger charge is -2.10. The molecule has 0 unspecified atom stereocenters. The Kier molecular flexibility index (Phi) is 3.50. The van der Waals surface area contributed by atoms with Crippen LogP contribution in [-0.2, 0) is 6.42 Å². The van der Waals surface area contributed by atoms with Gasteiger partial charge in [0.25, 0.3) is 0 Å². The highest BCUT2D eigenvalue weighted by Gasteiger charge is 2.06. The van der Waals surface area contributed by atoms with E-state index in [0.717, 1.165) is 0 Å². The molecule has 1 heteroatoms. The lowest BCUT2D eigenvalue weighted by molar-refractivity contribution is 0.962. The van der Waals surface area contributed by atoms with Gasteiger partial charge in [-0.05, 0) is 50.4 Å². The highest BCUT2D eigenvalue weighted by atomic mass is 127. The first kappa shape index (κ1) is 12.0. The zero-order valence-electron chi connectivity index (χ0n) is 10.2. The lowest BCUT2D eigenvalue weighted by Crippen LogP contribution is -1.91. The van der Waals surface area contributed by atoms with Gasteiger partial charge in [-0.3, -0.25) is 0 Å². The van der Waals surface area contributed by atoms with Crippen LogP contribution in [0.2, 0.25) is 0 Å². The van der Waals surface area contributed by atoms with E-state index in [9.17, 15) is 0 Å². The Bertz CT molecular complexity index is 631. The van der Waals surface area contributed by atoms with Gasteiger partial charge in [-0.25, -0.2) is 0 Å². The van der Waals surface area contributed by atoms with Crippen molar-refractivity contribution in [3.8, 4) is 0 Å². The van der Waals surface area contributed by atoms with Gasteiger partial charge in [-0.15, -0.1) is 0 Å². The van der Waals surface area contributed by atoms with Crippen molar-refractivity contribution in [1.82, 2.24) is 0 Å². The summed E-state index contributed by atoms with van der Waals surface area (Å²) in [5.41, 5.74) is 1.51. The maximum absolute atomic E-state index is 2.46. The number of rotatable bonds is 3. The van der Waals surface area contributed by atoms with Crippen molar-refractivity contribution in [3.63, 3.8) is 0 Å². The number of hydrogen-bond acceptors (Lipinski definition) is 0. The minimum atomic E-state index is 1.17. The van der Waals surface area contributed by atoms with Gasteiger partial charge in [0, 0.05) is 0 Å². The maximum atomic E-state index is 2.46. The molecule has 3 aromatic carbocycles. The first-order valence-corrected chi connectivity index (χ1v) is 7.88. The fourth-order valence-electron chi connectivity index (χ4n) is 2.62. The molecule has 18 heavy (non-hydrogen) atoms. The quantitative estimate of drug-likeness (QED) is 0.340. The van der Waals surface area contributed by atoms with E-state index in [1.165, 1.54) is 44.4 Å². The van der Waals surface area contributed by atoms with Crippen molar-refractivity contribution in [2.45, 2.75) is 12.8 Å². The molecule has 0 saturated carbocycles. The van der Waals surface area contributed by atoms with Gasteiger partial charge in [0.2, 0.25) is 0 Å². The molecule has 3 aromatic rings. The molecule has 0 aliphatic rings. The third-order valence-corrected chi connectivity index (χ3v) is 4.21. The largest absolute Gasteiger partial charge is 0.0864 e. The molecule has 0 N–H and O–H groups in total. The molecule has 0 aromatic heterocycles. The molecule has 90 valence electrons. The van der Waals surface area contributed by atoms with Crippen LogP contribution in [0.5, 0.6) is 0 Å². The third-order valence-electron chi connectivity index (χ3n) is 3.44. The van der Waals surface area contributed by atoms with Crippen molar-refractivity contribution in [2.24, 2.45) is 0 Å². The Morgan fingerprint density at radius 1 is 0.778 bits per heavy atom. The smallest absolute Gasteiger partial charge is 0.000156 e. The highest BCUT2D eigenvalue weighted by Crippen LogP contribution is 2.29. The molecule has 0 bridgehead atoms. The average Bonchev–Trinajstić information content (AvgIpc) is 2.43. The number of fused-ring (bicyclic) bond motifs is 2. The van der Waals surface area contributed by atoms with Crippen molar-refractivity contribution < 1.29 is 0 Å². The SMILES string of the molecule is ICCCc1c2ccccc2cc2ccccc12. The van der Waals surface area contributed by atoms with Crippen LogP contribution < -0.4 is 0 Å². The lowest BCUT2D eigenvalue weighted by atomic mass is 9.94. The average molecular weight is 346 g/mol. The van der Waals surface area contributed by atoms with Gasteiger partial charge in [-0.1, -0.05) is 71.1 Å².